The molecule has 5 nitrogen and oxygen atoms in total. The number of aliphatic hydroxyl groups is 1. The molecule has 2 aromatic heterocycles. The molecule has 0 spiro atoms. The third-order valence-corrected chi connectivity index (χ3v) is 2.06. The van der Waals surface area contributed by atoms with Gasteiger partial charge in [0.1, 0.15) is 5.69 Å². The van der Waals surface area contributed by atoms with Gasteiger partial charge in [-0.1, -0.05) is 0 Å². The van der Waals surface area contributed by atoms with Gasteiger partial charge in [0.05, 0.1) is 18.5 Å². The molecule has 0 bridgehead atoms. The lowest BCUT2D eigenvalue weighted by Gasteiger charge is -2.00. The lowest BCUT2D eigenvalue weighted by molar-refractivity contribution is 0.277. The molecule has 0 saturated carbocycles. The van der Waals surface area contributed by atoms with Crippen LogP contribution in [0.5, 0.6) is 0 Å². The van der Waals surface area contributed by atoms with Gasteiger partial charge in [0.2, 0.25) is 0 Å². The smallest absolute Gasteiger partial charge is 0.155 e. The van der Waals surface area contributed by atoms with Crippen molar-refractivity contribution < 1.29 is 5.11 Å². The number of nitrogens with zero attached hydrogens (tertiary/aromatic N) is 3. The third-order valence-electron chi connectivity index (χ3n) is 2.06. The highest BCUT2D eigenvalue weighted by Crippen LogP contribution is 2.14. The molecule has 0 radical (unpaired) electrons. The minimum atomic E-state index is -0.0206. The Morgan fingerprint density at radius 1 is 1.57 bits per heavy atom. The summed E-state index contributed by atoms with van der Waals surface area (Å²) in [6.07, 6.45) is 3.36. The first-order chi connectivity index (χ1) is 6.85. The van der Waals surface area contributed by atoms with Crippen LogP contribution in [0.4, 0.5) is 0 Å². The zero-order valence-corrected chi connectivity index (χ0v) is 7.94. The van der Waals surface area contributed by atoms with Crippen LogP contribution in [0.25, 0.3) is 11.5 Å². The van der Waals surface area contributed by atoms with Gasteiger partial charge in [-0.25, -0.2) is 4.98 Å². The minimum Gasteiger partial charge on any atom is -0.390 e. The third kappa shape index (κ3) is 1.42. The fourth-order valence-electron chi connectivity index (χ4n) is 1.36. The van der Waals surface area contributed by atoms with E-state index in [0.29, 0.717) is 5.69 Å². The summed E-state index contributed by atoms with van der Waals surface area (Å²) in [4.78, 5) is 7.18. The maximum absolute atomic E-state index is 8.88. The molecule has 2 rings (SSSR count). The molecule has 0 fully saturated rings. The molecule has 0 unspecified atom stereocenters. The molecule has 2 aromatic rings. The SMILES string of the molecule is CCn1nccc1-c1ncc(CO)[nH]1. The molecule has 0 aliphatic rings. The molecule has 2 N–H and O–H groups in total. The van der Waals surface area contributed by atoms with Gasteiger partial charge in [0.15, 0.2) is 5.82 Å². The van der Waals surface area contributed by atoms with Crippen molar-refractivity contribution in [1.82, 2.24) is 19.7 Å². The summed E-state index contributed by atoms with van der Waals surface area (Å²) in [5.41, 5.74) is 1.65. The number of aromatic nitrogens is 4. The lowest BCUT2D eigenvalue weighted by Crippen LogP contribution is -1.99. The van der Waals surface area contributed by atoms with Gasteiger partial charge in [-0.3, -0.25) is 4.68 Å². The van der Waals surface area contributed by atoms with Crippen LogP contribution in [0.15, 0.2) is 18.5 Å². The molecule has 2 heterocycles. The van der Waals surface area contributed by atoms with Crippen molar-refractivity contribution in [3.63, 3.8) is 0 Å². The number of H-pyrrole nitrogens is 1. The second-order valence-electron chi connectivity index (χ2n) is 2.95. The fourth-order valence-corrected chi connectivity index (χ4v) is 1.36. The Bertz CT molecular complexity index is 418. The fraction of sp³-hybridized carbons (Fsp3) is 0.333. The number of rotatable bonds is 3. The molecule has 0 amide bonds. The highest BCUT2D eigenvalue weighted by Gasteiger charge is 2.07. The van der Waals surface area contributed by atoms with Gasteiger partial charge in [-0.2, -0.15) is 5.10 Å². The average molecular weight is 192 g/mol. The van der Waals surface area contributed by atoms with E-state index in [2.05, 4.69) is 15.1 Å². The van der Waals surface area contributed by atoms with Crippen molar-refractivity contribution in [2.45, 2.75) is 20.1 Å². The van der Waals surface area contributed by atoms with Gasteiger partial charge in [-0.05, 0) is 13.0 Å². The predicted molar refractivity (Wildman–Crippen MR) is 51.4 cm³/mol. The maximum atomic E-state index is 8.88. The van der Waals surface area contributed by atoms with Gasteiger partial charge >= 0.3 is 0 Å². The van der Waals surface area contributed by atoms with Crippen molar-refractivity contribution in [3.05, 3.63) is 24.2 Å². The first kappa shape index (κ1) is 8.96. The van der Waals surface area contributed by atoms with E-state index in [9.17, 15) is 0 Å². The molecule has 0 atom stereocenters. The molecule has 5 heteroatoms. The molecule has 0 aliphatic carbocycles. The summed E-state index contributed by atoms with van der Waals surface area (Å²) in [6.45, 7) is 2.80. The van der Waals surface area contributed by atoms with Gasteiger partial charge in [0.25, 0.3) is 0 Å². The normalized spacial score (nSPS) is 10.7. The Morgan fingerprint density at radius 2 is 2.43 bits per heavy atom. The number of nitrogens with one attached hydrogen (secondary N) is 1. The van der Waals surface area contributed by atoms with Crippen LogP contribution in [0.3, 0.4) is 0 Å². The van der Waals surface area contributed by atoms with Crippen molar-refractivity contribution in [3.8, 4) is 11.5 Å². The van der Waals surface area contributed by atoms with Crippen LogP contribution < -0.4 is 0 Å². The number of imidazole rings is 1. The van der Waals surface area contributed by atoms with E-state index in [0.717, 1.165) is 18.1 Å². The summed E-state index contributed by atoms with van der Waals surface area (Å²) in [5.74, 6) is 0.744. The summed E-state index contributed by atoms with van der Waals surface area (Å²) >= 11 is 0. The molecule has 74 valence electrons. The van der Waals surface area contributed by atoms with E-state index < -0.39 is 0 Å². The van der Waals surface area contributed by atoms with Crippen LogP contribution in [0.1, 0.15) is 12.6 Å². The Labute approximate surface area is 81.4 Å². The molecule has 0 aliphatic heterocycles. The van der Waals surface area contributed by atoms with Crippen molar-refractivity contribution >= 4 is 0 Å². The van der Waals surface area contributed by atoms with E-state index in [1.807, 2.05) is 17.7 Å². The van der Waals surface area contributed by atoms with Crippen LogP contribution in [-0.4, -0.2) is 24.9 Å². The Kier molecular flexibility index (Phi) is 2.32. The van der Waals surface area contributed by atoms with E-state index in [-0.39, 0.29) is 6.61 Å². The predicted octanol–water partition coefficient (Wildman–Crippen LogP) is 0.785. The van der Waals surface area contributed by atoms with Crippen molar-refractivity contribution in [1.29, 1.82) is 0 Å². The monoisotopic (exact) mass is 192 g/mol. The molecule has 0 aromatic carbocycles. The zero-order chi connectivity index (χ0) is 9.97. The highest BCUT2D eigenvalue weighted by atomic mass is 16.3. The largest absolute Gasteiger partial charge is 0.390 e. The van der Waals surface area contributed by atoms with Crippen LogP contribution in [0.2, 0.25) is 0 Å². The standard InChI is InChI=1S/C9H12N4O/c1-2-13-8(3-4-11-13)9-10-5-7(6-14)12-9/h3-5,14H,2,6H2,1H3,(H,10,12). The van der Waals surface area contributed by atoms with Gasteiger partial charge in [0, 0.05) is 12.7 Å². The van der Waals surface area contributed by atoms with E-state index >= 15 is 0 Å². The van der Waals surface area contributed by atoms with Crippen LogP contribution >= 0.6 is 0 Å². The molecule has 14 heavy (non-hydrogen) atoms. The number of aliphatic hydroxyl groups excluding tert-OH is 1. The molecular weight excluding hydrogens is 180 g/mol. The Balaban J connectivity index is 2.38. The Hall–Kier alpha value is -1.62. The van der Waals surface area contributed by atoms with E-state index in [1.165, 1.54) is 0 Å². The van der Waals surface area contributed by atoms with E-state index in [4.69, 9.17) is 5.11 Å². The number of hydrogen-bond donors (Lipinski definition) is 2. The van der Waals surface area contributed by atoms with Gasteiger partial charge < -0.3 is 10.1 Å². The summed E-state index contributed by atoms with van der Waals surface area (Å²) in [6, 6.07) is 1.89. The second kappa shape index (κ2) is 3.63. The first-order valence-corrected chi connectivity index (χ1v) is 4.52. The number of aryl methyl sites for hydroxylation is 1. The van der Waals surface area contributed by atoms with Crippen LogP contribution in [0, 0.1) is 0 Å². The maximum Gasteiger partial charge on any atom is 0.155 e. The second-order valence-corrected chi connectivity index (χ2v) is 2.95. The number of hydrogen-bond acceptors (Lipinski definition) is 3. The summed E-state index contributed by atoms with van der Waals surface area (Å²) < 4.78 is 1.85. The first-order valence-electron chi connectivity index (χ1n) is 4.52. The van der Waals surface area contributed by atoms with E-state index in [1.54, 1.807) is 12.4 Å². The average Bonchev–Trinajstić information content (AvgIpc) is 2.85. The summed E-state index contributed by atoms with van der Waals surface area (Å²) in [7, 11) is 0. The van der Waals surface area contributed by atoms with Gasteiger partial charge in [-0.15, -0.1) is 0 Å². The molecule has 0 saturated heterocycles. The Morgan fingerprint density at radius 3 is 3.07 bits per heavy atom. The quantitative estimate of drug-likeness (QED) is 0.755. The highest BCUT2D eigenvalue weighted by molar-refractivity contribution is 5.49. The van der Waals surface area contributed by atoms with Crippen molar-refractivity contribution in [2.24, 2.45) is 0 Å². The molecular formula is C9H12N4O. The summed E-state index contributed by atoms with van der Waals surface area (Å²) in [5, 5.41) is 13.0. The van der Waals surface area contributed by atoms with Crippen molar-refractivity contribution in [2.75, 3.05) is 0 Å². The van der Waals surface area contributed by atoms with Crippen LogP contribution in [-0.2, 0) is 13.2 Å². The lowest BCUT2D eigenvalue weighted by atomic mass is 10.4. The minimum absolute atomic E-state index is 0.0206. The zero-order valence-electron chi connectivity index (χ0n) is 7.94. The number of aromatic amines is 1. The topological polar surface area (TPSA) is 66.7 Å².